The summed E-state index contributed by atoms with van der Waals surface area (Å²) in [6, 6.07) is -1.18. The Balaban J connectivity index is 2.41. The van der Waals surface area contributed by atoms with Crippen LogP contribution in [0.3, 0.4) is 0 Å². The van der Waals surface area contributed by atoms with Crippen molar-refractivity contribution in [3.8, 4) is 0 Å². The monoisotopic (exact) mass is 844 g/mol. The lowest BCUT2D eigenvalue weighted by molar-refractivity contribution is -0.303. The molecule has 0 aromatic rings. The van der Waals surface area contributed by atoms with Gasteiger partial charge in [-0.05, 0) is 19.3 Å². The lowest BCUT2D eigenvalue weighted by Crippen LogP contribution is -2.60. The van der Waals surface area contributed by atoms with Crippen LogP contribution >= 0.6 is 0 Å². The number of allylic oxidation sites excluding steroid dienone is 1. The van der Waals surface area contributed by atoms with Gasteiger partial charge in [0.15, 0.2) is 6.29 Å². The van der Waals surface area contributed by atoms with Gasteiger partial charge >= 0.3 is 0 Å². The van der Waals surface area contributed by atoms with Gasteiger partial charge in [0.2, 0.25) is 5.91 Å². The van der Waals surface area contributed by atoms with Crippen LogP contribution in [0.4, 0.5) is 0 Å². The molecule has 8 N–H and O–H groups in total. The van der Waals surface area contributed by atoms with E-state index in [0.29, 0.717) is 12.8 Å². The fourth-order valence-corrected chi connectivity index (χ4v) is 7.98. The molecule has 11 heteroatoms. The molecule has 1 aliphatic rings. The highest BCUT2D eigenvalue weighted by Crippen LogP contribution is 2.23. The van der Waals surface area contributed by atoms with Crippen LogP contribution in [-0.2, 0) is 14.3 Å². The Kier molecular flexibility index (Phi) is 36.5. The SMILES string of the molecule is CCCCCCCCCCCCCCCCCCC/C=C/C[C@@H](O)C(=O)N[C@@H](CO[C@@H]1O[C@H](CO)[C@@H](O)[C@H](O)[C@H]1O)[C@H](O)[C@H](O)CCCCCCCCCCCCCC. The van der Waals surface area contributed by atoms with Crippen LogP contribution < -0.4 is 5.32 Å². The molecule has 0 aromatic heterocycles. The topological polar surface area (TPSA) is 189 Å². The van der Waals surface area contributed by atoms with E-state index < -0.39 is 74.2 Å². The Labute approximate surface area is 360 Å². The van der Waals surface area contributed by atoms with E-state index in [0.717, 1.165) is 38.5 Å². The first-order valence-corrected chi connectivity index (χ1v) is 24.6. The fourth-order valence-electron chi connectivity index (χ4n) is 7.98. The number of nitrogens with one attached hydrogen (secondary N) is 1. The van der Waals surface area contributed by atoms with E-state index in [2.05, 4.69) is 19.2 Å². The minimum atomic E-state index is -1.66. The lowest BCUT2D eigenvalue weighted by atomic mass is 9.98. The average molecular weight is 844 g/mol. The van der Waals surface area contributed by atoms with E-state index in [4.69, 9.17) is 9.47 Å². The summed E-state index contributed by atoms with van der Waals surface area (Å²) >= 11 is 0. The molecule has 0 aromatic carbocycles. The molecule has 0 bridgehead atoms. The summed E-state index contributed by atoms with van der Waals surface area (Å²) < 4.78 is 11.1. The number of carbonyl (C=O) groups excluding carboxylic acids is 1. The molecule has 1 rings (SSSR count). The van der Waals surface area contributed by atoms with E-state index in [9.17, 15) is 40.5 Å². The van der Waals surface area contributed by atoms with Gasteiger partial charge in [-0.25, -0.2) is 0 Å². The second-order valence-electron chi connectivity index (χ2n) is 17.5. The van der Waals surface area contributed by atoms with Gasteiger partial charge in [-0.1, -0.05) is 206 Å². The molecule has 1 amide bonds. The second-order valence-corrected chi connectivity index (χ2v) is 17.5. The Bertz CT molecular complexity index is 970. The standard InChI is InChI=1S/C48H93NO10/c1-3-5-7-9-11-13-15-17-18-19-20-21-22-23-24-26-28-30-32-34-36-41(52)47(57)49-39(38-58-48-46(56)45(55)44(54)42(37-50)59-48)43(53)40(51)35-33-31-29-27-25-16-14-12-10-8-6-4-2/h32,34,39-46,48,50-56H,3-31,33,35-38H2,1-2H3,(H,49,57)/b34-32+/t39-,40+,41+,42+,43-,44+,45-,46+,48+/m0/s1. The molecule has 1 aliphatic heterocycles. The molecule has 11 nitrogen and oxygen atoms in total. The molecule has 0 radical (unpaired) electrons. The number of carbonyl (C=O) groups is 1. The number of unbranched alkanes of at least 4 members (excludes halogenated alkanes) is 28. The van der Waals surface area contributed by atoms with Crippen molar-refractivity contribution in [1.29, 1.82) is 0 Å². The van der Waals surface area contributed by atoms with Gasteiger partial charge < -0.3 is 50.5 Å². The Morgan fingerprint density at radius 1 is 0.593 bits per heavy atom. The summed E-state index contributed by atoms with van der Waals surface area (Å²) in [7, 11) is 0. The largest absolute Gasteiger partial charge is 0.394 e. The quantitative estimate of drug-likeness (QED) is 0.0219. The highest BCUT2D eigenvalue weighted by atomic mass is 16.7. The number of hydrogen-bond donors (Lipinski definition) is 8. The first kappa shape index (κ1) is 55.9. The average Bonchev–Trinajstić information content (AvgIpc) is 3.23. The van der Waals surface area contributed by atoms with E-state index in [1.54, 1.807) is 6.08 Å². The van der Waals surface area contributed by atoms with Crippen molar-refractivity contribution >= 4 is 5.91 Å². The molecule has 0 saturated carbocycles. The third kappa shape index (κ3) is 28.2. The number of hydrogen-bond acceptors (Lipinski definition) is 10. The van der Waals surface area contributed by atoms with Crippen LogP contribution in [0.1, 0.15) is 219 Å². The normalized spacial score (nSPS) is 21.8. The molecular weight excluding hydrogens is 751 g/mol. The molecule has 1 heterocycles. The molecule has 350 valence electrons. The predicted molar refractivity (Wildman–Crippen MR) is 238 cm³/mol. The Hall–Kier alpha value is -1.15. The van der Waals surface area contributed by atoms with Crippen LogP contribution in [0.2, 0.25) is 0 Å². The van der Waals surface area contributed by atoms with Crippen LogP contribution in [0.5, 0.6) is 0 Å². The zero-order chi connectivity index (χ0) is 43.4. The van der Waals surface area contributed by atoms with E-state index in [-0.39, 0.29) is 6.42 Å². The van der Waals surface area contributed by atoms with Crippen molar-refractivity contribution in [2.75, 3.05) is 13.2 Å². The number of aliphatic hydroxyl groups excluding tert-OH is 7. The van der Waals surface area contributed by atoms with Crippen molar-refractivity contribution in [3.63, 3.8) is 0 Å². The van der Waals surface area contributed by atoms with Gasteiger partial charge in [-0.2, -0.15) is 0 Å². The smallest absolute Gasteiger partial charge is 0.249 e. The summed E-state index contributed by atoms with van der Waals surface area (Å²) in [4.78, 5) is 13.1. The molecule has 0 aliphatic carbocycles. The van der Waals surface area contributed by atoms with E-state index in [1.165, 1.54) is 148 Å². The van der Waals surface area contributed by atoms with E-state index in [1.807, 2.05) is 6.08 Å². The van der Waals surface area contributed by atoms with Gasteiger partial charge in [0.25, 0.3) is 0 Å². The summed E-state index contributed by atoms with van der Waals surface area (Å²) in [5, 5.41) is 75.6. The minimum absolute atomic E-state index is 0.0859. The van der Waals surface area contributed by atoms with Crippen LogP contribution in [0, 0.1) is 0 Å². The van der Waals surface area contributed by atoms with Crippen molar-refractivity contribution in [1.82, 2.24) is 5.32 Å². The van der Waals surface area contributed by atoms with Crippen LogP contribution in [-0.4, -0.2) is 110 Å². The van der Waals surface area contributed by atoms with E-state index >= 15 is 0 Å². The second kappa shape index (κ2) is 38.5. The lowest BCUT2D eigenvalue weighted by Gasteiger charge is -2.40. The maximum absolute atomic E-state index is 13.1. The molecule has 9 atom stereocenters. The molecule has 0 unspecified atom stereocenters. The van der Waals surface area contributed by atoms with Crippen LogP contribution in [0.25, 0.3) is 0 Å². The van der Waals surface area contributed by atoms with Gasteiger partial charge in [0, 0.05) is 6.42 Å². The van der Waals surface area contributed by atoms with Crippen molar-refractivity contribution in [3.05, 3.63) is 12.2 Å². The maximum Gasteiger partial charge on any atom is 0.249 e. The highest BCUT2D eigenvalue weighted by Gasteiger charge is 2.44. The zero-order valence-electron chi connectivity index (χ0n) is 37.7. The minimum Gasteiger partial charge on any atom is -0.394 e. The number of amides is 1. The summed E-state index contributed by atoms with van der Waals surface area (Å²) in [6.45, 7) is 3.42. The third-order valence-corrected chi connectivity index (χ3v) is 12.1. The van der Waals surface area contributed by atoms with Crippen molar-refractivity contribution in [2.24, 2.45) is 0 Å². The molecule has 59 heavy (non-hydrogen) atoms. The molecule has 1 fully saturated rings. The molecule has 1 saturated heterocycles. The summed E-state index contributed by atoms with van der Waals surface area (Å²) in [5.74, 6) is -0.744. The van der Waals surface area contributed by atoms with Gasteiger partial charge in [-0.3, -0.25) is 4.79 Å². The highest BCUT2D eigenvalue weighted by molar-refractivity contribution is 5.81. The number of ether oxygens (including phenoxy) is 2. The van der Waals surface area contributed by atoms with Gasteiger partial charge in [-0.15, -0.1) is 0 Å². The summed E-state index contributed by atoms with van der Waals surface area (Å²) in [6.07, 6.45) is 29.9. The van der Waals surface area contributed by atoms with Gasteiger partial charge in [0.05, 0.1) is 25.4 Å². The van der Waals surface area contributed by atoms with Crippen molar-refractivity contribution in [2.45, 2.75) is 274 Å². The Morgan fingerprint density at radius 2 is 1.02 bits per heavy atom. The fraction of sp³-hybridized carbons (Fsp3) is 0.938. The van der Waals surface area contributed by atoms with Crippen molar-refractivity contribution < 1.29 is 50.0 Å². The van der Waals surface area contributed by atoms with Crippen LogP contribution in [0.15, 0.2) is 12.2 Å². The molecular formula is C48H93NO10. The molecule has 0 spiro atoms. The maximum atomic E-state index is 13.1. The van der Waals surface area contributed by atoms with Gasteiger partial charge in [0.1, 0.15) is 36.6 Å². The summed E-state index contributed by atoms with van der Waals surface area (Å²) in [5.41, 5.74) is 0. The number of aliphatic hydroxyl groups is 7. The predicted octanol–water partition coefficient (Wildman–Crippen LogP) is 8.45. The first-order chi connectivity index (χ1) is 28.7. The first-order valence-electron chi connectivity index (χ1n) is 24.6. The number of rotatable bonds is 41. The Morgan fingerprint density at radius 3 is 1.46 bits per heavy atom. The third-order valence-electron chi connectivity index (χ3n) is 12.1. The zero-order valence-corrected chi connectivity index (χ0v) is 37.7.